The Morgan fingerprint density at radius 1 is 1.05 bits per heavy atom. The van der Waals surface area contributed by atoms with Crippen molar-refractivity contribution in [3.63, 3.8) is 0 Å². The lowest BCUT2D eigenvalue weighted by Gasteiger charge is -2.19. The highest BCUT2D eigenvalue weighted by atomic mass is 16.5. The van der Waals surface area contributed by atoms with Gasteiger partial charge in [-0.1, -0.05) is 36.4 Å². The van der Waals surface area contributed by atoms with Crippen LogP contribution in [0.3, 0.4) is 0 Å². The lowest BCUT2D eigenvalue weighted by atomic mass is 10.1. The number of pyridine rings is 1. The molecule has 1 aromatic heterocycles. The van der Waals surface area contributed by atoms with Gasteiger partial charge in [-0.05, 0) is 32.5 Å². The molecular weight excluding hydrogens is 236 g/mol. The Balaban J connectivity index is 2.19. The van der Waals surface area contributed by atoms with Gasteiger partial charge in [0, 0.05) is 17.8 Å². The number of nitrogens with one attached hydrogen (secondary N) is 1. The van der Waals surface area contributed by atoms with E-state index in [-0.39, 0.29) is 12.1 Å². The summed E-state index contributed by atoms with van der Waals surface area (Å²) in [5.74, 6) is 0.695. The van der Waals surface area contributed by atoms with Crippen molar-refractivity contribution in [2.24, 2.45) is 0 Å². The van der Waals surface area contributed by atoms with Crippen molar-refractivity contribution in [3.8, 4) is 5.88 Å². The van der Waals surface area contributed by atoms with E-state index >= 15 is 0 Å². The molecule has 1 aromatic carbocycles. The van der Waals surface area contributed by atoms with Crippen molar-refractivity contribution in [3.05, 3.63) is 59.8 Å². The third-order valence-corrected chi connectivity index (χ3v) is 3.26. The zero-order valence-corrected chi connectivity index (χ0v) is 11.6. The minimum Gasteiger partial charge on any atom is -0.470 e. The number of aromatic nitrogens is 1. The molecule has 0 saturated heterocycles. The van der Waals surface area contributed by atoms with E-state index in [1.807, 2.05) is 44.3 Å². The topological polar surface area (TPSA) is 34.2 Å². The molecule has 3 nitrogen and oxygen atoms in total. The normalized spacial score (nSPS) is 13.8. The molecule has 0 saturated carbocycles. The molecule has 0 amide bonds. The first-order chi connectivity index (χ1) is 9.22. The van der Waals surface area contributed by atoms with Crippen LogP contribution in [0.4, 0.5) is 0 Å². The fourth-order valence-electron chi connectivity index (χ4n) is 1.95. The molecule has 2 aromatic rings. The number of hydrogen-bond donors (Lipinski definition) is 1. The summed E-state index contributed by atoms with van der Waals surface area (Å²) in [7, 11) is 1.93. The maximum atomic E-state index is 6.00. The molecule has 0 aliphatic carbocycles. The second kappa shape index (κ2) is 6.34. The van der Waals surface area contributed by atoms with Gasteiger partial charge in [-0.2, -0.15) is 0 Å². The average Bonchev–Trinajstić information content (AvgIpc) is 2.48. The Morgan fingerprint density at radius 3 is 2.47 bits per heavy atom. The molecular formula is C16H20N2O. The zero-order chi connectivity index (χ0) is 13.7. The monoisotopic (exact) mass is 256 g/mol. The van der Waals surface area contributed by atoms with Crippen LogP contribution in [0.15, 0.2) is 48.7 Å². The van der Waals surface area contributed by atoms with Gasteiger partial charge in [0.15, 0.2) is 0 Å². The average molecular weight is 256 g/mol. The van der Waals surface area contributed by atoms with E-state index in [2.05, 4.69) is 29.4 Å². The Morgan fingerprint density at radius 2 is 1.79 bits per heavy atom. The Kier molecular flexibility index (Phi) is 4.53. The molecule has 0 spiro atoms. The molecule has 0 aliphatic heterocycles. The smallest absolute Gasteiger partial charge is 0.218 e. The first-order valence-corrected chi connectivity index (χ1v) is 6.56. The molecule has 19 heavy (non-hydrogen) atoms. The Hall–Kier alpha value is -1.87. The summed E-state index contributed by atoms with van der Waals surface area (Å²) in [6.45, 7) is 4.13. The Labute approximate surface area is 114 Å². The van der Waals surface area contributed by atoms with Gasteiger partial charge >= 0.3 is 0 Å². The molecule has 2 atom stereocenters. The zero-order valence-electron chi connectivity index (χ0n) is 11.6. The minimum absolute atomic E-state index is 0.0149. The van der Waals surface area contributed by atoms with E-state index < -0.39 is 0 Å². The number of benzene rings is 1. The number of rotatable bonds is 5. The van der Waals surface area contributed by atoms with E-state index in [1.165, 1.54) is 0 Å². The molecule has 2 unspecified atom stereocenters. The van der Waals surface area contributed by atoms with Gasteiger partial charge in [-0.3, -0.25) is 0 Å². The highest BCUT2D eigenvalue weighted by molar-refractivity contribution is 5.29. The van der Waals surface area contributed by atoms with Gasteiger partial charge in [-0.15, -0.1) is 0 Å². The highest BCUT2D eigenvalue weighted by Crippen LogP contribution is 2.26. The molecule has 3 heteroatoms. The Bertz CT molecular complexity index is 513. The van der Waals surface area contributed by atoms with Gasteiger partial charge in [0.25, 0.3) is 0 Å². The van der Waals surface area contributed by atoms with E-state index in [0.717, 1.165) is 11.1 Å². The molecule has 0 radical (unpaired) electrons. The van der Waals surface area contributed by atoms with Crippen LogP contribution in [-0.4, -0.2) is 12.0 Å². The maximum absolute atomic E-state index is 6.00. The molecule has 1 heterocycles. The standard InChI is InChI=1S/C16H20N2O/c1-12(17-3)15-10-7-11-18-16(15)19-13(2)14-8-5-4-6-9-14/h4-13,17H,1-3H3. The van der Waals surface area contributed by atoms with Crippen LogP contribution in [0.25, 0.3) is 0 Å². The van der Waals surface area contributed by atoms with Crippen molar-refractivity contribution in [1.82, 2.24) is 10.3 Å². The summed E-state index contributed by atoms with van der Waals surface area (Å²) in [5, 5.41) is 3.21. The van der Waals surface area contributed by atoms with Crippen molar-refractivity contribution < 1.29 is 4.74 Å². The fraction of sp³-hybridized carbons (Fsp3) is 0.312. The van der Waals surface area contributed by atoms with Gasteiger partial charge in [0.2, 0.25) is 5.88 Å². The van der Waals surface area contributed by atoms with Crippen molar-refractivity contribution in [1.29, 1.82) is 0 Å². The first-order valence-electron chi connectivity index (χ1n) is 6.56. The largest absolute Gasteiger partial charge is 0.470 e. The second-order valence-corrected chi connectivity index (χ2v) is 4.58. The molecule has 0 aliphatic rings. The summed E-state index contributed by atoms with van der Waals surface area (Å²) < 4.78 is 6.00. The SMILES string of the molecule is CNC(C)c1cccnc1OC(C)c1ccccc1. The minimum atomic E-state index is -0.0149. The second-order valence-electron chi connectivity index (χ2n) is 4.58. The van der Waals surface area contributed by atoms with Crippen molar-refractivity contribution in [2.45, 2.75) is 26.0 Å². The molecule has 2 rings (SSSR count). The van der Waals surface area contributed by atoms with E-state index in [9.17, 15) is 0 Å². The van der Waals surface area contributed by atoms with Crippen molar-refractivity contribution in [2.75, 3.05) is 7.05 Å². The fourth-order valence-corrected chi connectivity index (χ4v) is 1.95. The molecule has 1 N–H and O–H groups in total. The molecule has 0 fully saturated rings. The van der Waals surface area contributed by atoms with Gasteiger partial charge in [-0.25, -0.2) is 4.98 Å². The van der Waals surface area contributed by atoms with Crippen LogP contribution in [0.5, 0.6) is 5.88 Å². The third kappa shape index (κ3) is 3.32. The quantitative estimate of drug-likeness (QED) is 0.889. The van der Waals surface area contributed by atoms with E-state index in [1.54, 1.807) is 6.20 Å². The summed E-state index contributed by atoms with van der Waals surface area (Å²) in [6, 6.07) is 14.4. The van der Waals surface area contributed by atoms with Crippen LogP contribution in [-0.2, 0) is 0 Å². The van der Waals surface area contributed by atoms with E-state index in [0.29, 0.717) is 5.88 Å². The van der Waals surface area contributed by atoms with Crippen LogP contribution in [0.2, 0.25) is 0 Å². The predicted molar refractivity (Wildman–Crippen MR) is 77.2 cm³/mol. The van der Waals surface area contributed by atoms with Crippen molar-refractivity contribution >= 4 is 0 Å². The lowest BCUT2D eigenvalue weighted by molar-refractivity contribution is 0.213. The lowest BCUT2D eigenvalue weighted by Crippen LogP contribution is -2.15. The molecule has 100 valence electrons. The summed E-state index contributed by atoms with van der Waals surface area (Å²) >= 11 is 0. The number of nitrogens with zero attached hydrogens (tertiary/aromatic N) is 1. The predicted octanol–water partition coefficient (Wildman–Crippen LogP) is 3.50. The summed E-state index contributed by atoms with van der Waals surface area (Å²) in [5.41, 5.74) is 2.23. The van der Waals surface area contributed by atoms with Gasteiger partial charge in [0.1, 0.15) is 6.10 Å². The first kappa shape index (κ1) is 13.6. The maximum Gasteiger partial charge on any atom is 0.218 e. The summed E-state index contributed by atoms with van der Waals surface area (Å²) in [6.07, 6.45) is 1.75. The van der Waals surface area contributed by atoms with Gasteiger partial charge in [0.05, 0.1) is 0 Å². The van der Waals surface area contributed by atoms with Gasteiger partial charge < -0.3 is 10.1 Å². The third-order valence-electron chi connectivity index (χ3n) is 3.26. The van der Waals surface area contributed by atoms with Crippen LogP contribution in [0.1, 0.15) is 37.1 Å². The van der Waals surface area contributed by atoms with Crippen LogP contribution in [0, 0.1) is 0 Å². The summed E-state index contributed by atoms with van der Waals surface area (Å²) in [4.78, 5) is 4.35. The number of hydrogen-bond acceptors (Lipinski definition) is 3. The number of ether oxygens (including phenoxy) is 1. The van der Waals surface area contributed by atoms with E-state index in [4.69, 9.17) is 4.74 Å². The molecule has 0 bridgehead atoms. The van der Waals surface area contributed by atoms with Crippen LogP contribution >= 0.6 is 0 Å². The highest BCUT2D eigenvalue weighted by Gasteiger charge is 2.14. The van der Waals surface area contributed by atoms with Crippen LogP contribution < -0.4 is 10.1 Å².